The van der Waals surface area contributed by atoms with Gasteiger partial charge in [-0.25, -0.2) is 4.98 Å². The number of nitrogens with zero attached hydrogens (tertiary/aromatic N) is 2. The predicted molar refractivity (Wildman–Crippen MR) is 96.0 cm³/mol. The van der Waals surface area contributed by atoms with Gasteiger partial charge in [0.15, 0.2) is 5.96 Å². The number of nitrogens with one attached hydrogen (secondary N) is 2. The molecule has 128 valence electrons. The Morgan fingerprint density at radius 2 is 2.08 bits per heavy atom. The Balaban J connectivity index is 1.96. The number of nitrogens with two attached hydrogens (primary N) is 2. The standard InChI is InChI=1S/C16H15ClN6O2/c1-23(16(19)20)15(24)13-7-10-11(17)4-9(5-12(10)22-13)25-8-2-3-21-14(18)6-8/h2-7,22H,1H3,(H2,18,21)(H3,19,20). The Bertz CT molecular complexity index is 984. The van der Waals surface area contributed by atoms with E-state index in [4.69, 9.17) is 33.2 Å². The lowest BCUT2D eigenvalue weighted by atomic mass is 10.2. The van der Waals surface area contributed by atoms with E-state index in [1.807, 2.05) is 0 Å². The number of ether oxygens (including phenoxy) is 1. The lowest BCUT2D eigenvalue weighted by molar-refractivity contribution is 0.0864. The highest BCUT2D eigenvalue weighted by Gasteiger charge is 2.18. The molecule has 0 aliphatic rings. The highest BCUT2D eigenvalue weighted by atomic mass is 35.5. The van der Waals surface area contributed by atoms with E-state index < -0.39 is 5.91 Å². The Morgan fingerprint density at radius 3 is 2.76 bits per heavy atom. The number of aromatic amines is 1. The number of fused-ring (bicyclic) bond motifs is 1. The van der Waals surface area contributed by atoms with Gasteiger partial charge in [-0.15, -0.1) is 0 Å². The predicted octanol–water partition coefficient (Wildman–Crippen LogP) is 2.56. The normalized spacial score (nSPS) is 10.6. The summed E-state index contributed by atoms with van der Waals surface area (Å²) in [7, 11) is 1.42. The van der Waals surface area contributed by atoms with Crippen LogP contribution in [0.15, 0.2) is 36.5 Å². The first-order valence-corrected chi connectivity index (χ1v) is 7.56. The van der Waals surface area contributed by atoms with Crippen LogP contribution in [0.3, 0.4) is 0 Å². The molecular weight excluding hydrogens is 344 g/mol. The molecule has 0 aliphatic heterocycles. The van der Waals surface area contributed by atoms with E-state index in [2.05, 4.69) is 9.97 Å². The number of halogens is 1. The van der Waals surface area contributed by atoms with Gasteiger partial charge in [-0.05, 0) is 12.1 Å². The van der Waals surface area contributed by atoms with Crippen LogP contribution in [-0.4, -0.2) is 33.8 Å². The maximum absolute atomic E-state index is 12.3. The number of benzene rings is 1. The van der Waals surface area contributed by atoms with E-state index in [1.165, 1.54) is 13.2 Å². The third kappa shape index (κ3) is 3.33. The van der Waals surface area contributed by atoms with E-state index in [9.17, 15) is 4.79 Å². The molecule has 0 saturated heterocycles. The third-order valence-electron chi connectivity index (χ3n) is 3.55. The summed E-state index contributed by atoms with van der Waals surface area (Å²) in [6.45, 7) is 0. The number of carbonyl (C=O) groups is 1. The first-order valence-electron chi connectivity index (χ1n) is 7.19. The van der Waals surface area contributed by atoms with Crippen LogP contribution in [0, 0.1) is 5.41 Å². The van der Waals surface area contributed by atoms with E-state index >= 15 is 0 Å². The molecular formula is C16H15ClN6O2. The van der Waals surface area contributed by atoms with Gasteiger partial charge in [0.2, 0.25) is 0 Å². The van der Waals surface area contributed by atoms with Crippen molar-refractivity contribution >= 4 is 40.2 Å². The molecule has 3 aromatic rings. The van der Waals surface area contributed by atoms with Crippen molar-refractivity contribution in [2.45, 2.75) is 0 Å². The van der Waals surface area contributed by atoms with Gasteiger partial charge in [0.25, 0.3) is 5.91 Å². The second-order valence-corrected chi connectivity index (χ2v) is 5.72. The summed E-state index contributed by atoms with van der Waals surface area (Å²) in [5.41, 5.74) is 11.8. The van der Waals surface area contributed by atoms with Crippen LogP contribution < -0.4 is 16.2 Å². The van der Waals surface area contributed by atoms with Gasteiger partial charge in [-0.3, -0.25) is 15.1 Å². The second kappa shape index (κ2) is 6.33. The lowest BCUT2D eigenvalue weighted by Gasteiger charge is -2.12. The van der Waals surface area contributed by atoms with Crippen LogP contribution in [-0.2, 0) is 0 Å². The molecule has 0 fully saturated rings. The minimum atomic E-state index is -0.441. The zero-order valence-electron chi connectivity index (χ0n) is 13.2. The highest BCUT2D eigenvalue weighted by Crippen LogP contribution is 2.32. The lowest BCUT2D eigenvalue weighted by Crippen LogP contribution is -2.38. The molecule has 9 heteroatoms. The molecule has 2 aromatic heterocycles. The number of nitrogen functional groups attached to an aromatic ring is 1. The van der Waals surface area contributed by atoms with E-state index in [1.54, 1.807) is 30.3 Å². The summed E-state index contributed by atoms with van der Waals surface area (Å²) in [5, 5.41) is 8.41. The van der Waals surface area contributed by atoms with E-state index in [0.29, 0.717) is 33.2 Å². The SMILES string of the molecule is CN(C(=N)N)C(=O)c1cc2c(Cl)cc(Oc3ccnc(N)c3)cc2[nH]1. The van der Waals surface area contributed by atoms with Crippen LogP contribution >= 0.6 is 11.6 Å². The number of H-pyrrole nitrogens is 1. The van der Waals surface area contributed by atoms with Gasteiger partial charge >= 0.3 is 0 Å². The summed E-state index contributed by atoms with van der Waals surface area (Å²) in [6, 6.07) is 8.21. The molecule has 3 rings (SSSR count). The van der Waals surface area contributed by atoms with Crippen molar-refractivity contribution in [2.75, 3.05) is 12.8 Å². The van der Waals surface area contributed by atoms with Gasteiger partial charge in [0.1, 0.15) is 23.0 Å². The summed E-state index contributed by atoms with van der Waals surface area (Å²) >= 11 is 6.29. The molecule has 1 aromatic carbocycles. The Hall–Kier alpha value is -3.26. The highest BCUT2D eigenvalue weighted by molar-refractivity contribution is 6.35. The number of anilines is 1. The van der Waals surface area contributed by atoms with Gasteiger partial charge in [0.05, 0.1) is 10.5 Å². The smallest absolute Gasteiger partial charge is 0.276 e. The second-order valence-electron chi connectivity index (χ2n) is 5.32. The number of carbonyl (C=O) groups excluding carboxylic acids is 1. The maximum atomic E-state index is 12.3. The Labute approximate surface area is 147 Å². The van der Waals surface area contributed by atoms with Crippen LogP contribution in [0.2, 0.25) is 5.02 Å². The molecule has 6 N–H and O–H groups in total. The number of rotatable bonds is 3. The molecule has 0 saturated carbocycles. The van der Waals surface area contributed by atoms with Crippen molar-refractivity contribution in [3.63, 3.8) is 0 Å². The van der Waals surface area contributed by atoms with Crippen LogP contribution in [0.5, 0.6) is 11.5 Å². The molecule has 0 atom stereocenters. The molecule has 0 bridgehead atoms. The summed E-state index contributed by atoms with van der Waals surface area (Å²) in [4.78, 5) is 20.1. The molecule has 0 radical (unpaired) electrons. The van der Waals surface area contributed by atoms with Crippen LogP contribution in [0.1, 0.15) is 10.5 Å². The molecule has 25 heavy (non-hydrogen) atoms. The molecule has 0 unspecified atom stereocenters. The number of pyridine rings is 1. The fraction of sp³-hybridized carbons (Fsp3) is 0.0625. The van der Waals surface area contributed by atoms with E-state index in [-0.39, 0.29) is 11.7 Å². The monoisotopic (exact) mass is 358 g/mol. The van der Waals surface area contributed by atoms with Gasteiger partial charge in [0, 0.05) is 36.8 Å². The maximum Gasteiger partial charge on any atom is 0.276 e. The summed E-state index contributed by atoms with van der Waals surface area (Å²) < 4.78 is 5.73. The quantitative estimate of drug-likeness (QED) is 0.421. The zero-order chi connectivity index (χ0) is 18.1. The van der Waals surface area contributed by atoms with Crippen molar-refractivity contribution in [3.05, 3.63) is 47.2 Å². The fourth-order valence-corrected chi connectivity index (χ4v) is 2.52. The van der Waals surface area contributed by atoms with Crippen molar-refractivity contribution in [1.29, 1.82) is 5.41 Å². The topological polar surface area (TPSA) is 134 Å². The Morgan fingerprint density at radius 1 is 1.32 bits per heavy atom. The molecule has 2 heterocycles. The first kappa shape index (κ1) is 16.6. The molecule has 0 spiro atoms. The number of hydrogen-bond acceptors (Lipinski definition) is 5. The minimum Gasteiger partial charge on any atom is -0.457 e. The number of aromatic nitrogens is 2. The summed E-state index contributed by atoms with van der Waals surface area (Å²) in [6.07, 6.45) is 1.54. The van der Waals surface area contributed by atoms with Crippen LogP contribution in [0.25, 0.3) is 10.9 Å². The first-order chi connectivity index (χ1) is 11.8. The zero-order valence-corrected chi connectivity index (χ0v) is 14.0. The van der Waals surface area contributed by atoms with Crippen molar-refractivity contribution in [1.82, 2.24) is 14.9 Å². The van der Waals surface area contributed by atoms with Crippen LogP contribution in [0.4, 0.5) is 5.82 Å². The van der Waals surface area contributed by atoms with E-state index in [0.717, 1.165) is 4.90 Å². The molecule has 8 nitrogen and oxygen atoms in total. The molecule has 1 amide bonds. The van der Waals surface area contributed by atoms with Gasteiger partial charge in [-0.1, -0.05) is 11.6 Å². The van der Waals surface area contributed by atoms with Gasteiger partial charge < -0.3 is 21.2 Å². The third-order valence-corrected chi connectivity index (χ3v) is 3.86. The average Bonchev–Trinajstić information content (AvgIpc) is 2.98. The van der Waals surface area contributed by atoms with Crippen molar-refractivity contribution in [2.24, 2.45) is 5.73 Å². The Kier molecular flexibility index (Phi) is 4.20. The summed E-state index contributed by atoms with van der Waals surface area (Å²) in [5.74, 6) is 0.536. The largest absolute Gasteiger partial charge is 0.457 e. The number of hydrogen-bond donors (Lipinski definition) is 4. The van der Waals surface area contributed by atoms with Gasteiger partial charge in [-0.2, -0.15) is 0 Å². The minimum absolute atomic E-state index is 0.264. The van der Waals surface area contributed by atoms with Crippen molar-refractivity contribution < 1.29 is 9.53 Å². The number of guanidine groups is 1. The fourth-order valence-electron chi connectivity index (χ4n) is 2.26. The number of amides is 1. The molecule has 0 aliphatic carbocycles. The van der Waals surface area contributed by atoms with Crippen molar-refractivity contribution in [3.8, 4) is 11.5 Å². The average molecular weight is 359 g/mol.